The Balaban J connectivity index is 2.42. The van der Waals surface area contributed by atoms with Crippen LogP contribution in [0.15, 0.2) is 30.7 Å². The number of ether oxygens (including phenoxy) is 1. The molecule has 1 atom stereocenters. The molecule has 0 saturated carbocycles. The lowest BCUT2D eigenvalue weighted by molar-refractivity contribution is 0.403. The third-order valence-corrected chi connectivity index (χ3v) is 3.36. The molecule has 1 unspecified atom stereocenters. The van der Waals surface area contributed by atoms with E-state index in [1.807, 2.05) is 36.0 Å². The van der Waals surface area contributed by atoms with E-state index in [0.29, 0.717) is 5.02 Å². The highest BCUT2D eigenvalue weighted by Crippen LogP contribution is 2.31. The molecule has 0 aliphatic rings. The molecule has 0 aliphatic heterocycles. The van der Waals surface area contributed by atoms with Crippen LogP contribution in [-0.2, 0) is 7.05 Å². The molecule has 2 rings (SSSR count). The van der Waals surface area contributed by atoms with E-state index in [1.165, 1.54) is 0 Å². The second-order valence-electron chi connectivity index (χ2n) is 4.74. The fourth-order valence-corrected chi connectivity index (χ4v) is 2.36. The molecule has 108 valence electrons. The van der Waals surface area contributed by atoms with Gasteiger partial charge in [-0.1, -0.05) is 18.5 Å². The van der Waals surface area contributed by atoms with Crippen LogP contribution in [0.3, 0.4) is 0 Å². The third kappa shape index (κ3) is 3.32. The normalized spacial score (nSPS) is 12.4. The van der Waals surface area contributed by atoms with Gasteiger partial charge in [-0.2, -0.15) is 0 Å². The van der Waals surface area contributed by atoms with Crippen molar-refractivity contribution in [2.75, 3.05) is 13.7 Å². The number of imidazole rings is 1. The quantitative estimate of drug-likeness (QED) is 0.889. The number of hydrogen-bond donors (Lipinski definition) is 1. The van der Waals surface area contributed by atoms with Crippen LogP contribution in [0.1, 0.15) is 30.6 Å². The van der Waals surface area contributed by atoms with Crippen molar-refractivity contribution in [1.82, 2.24) is 14.9 Å². The maximum absolute atomic E-state index is 6.14. The number of nitrogens with zero attached hydrogens (tertiary/aromatic N) is 2. The van der Waals surface area contributed by atoms with E-state index in [4.69, 9.17) is 16.3 Å². The van der Waals surface area contributed by atoms with Crippen molar-refractivity contribution < 1.29 is 4.74 Å². The lowest BCUT2D eigenvalue weighted by Gasteiger charge is -2.20. The predicted molar refractivity (Wildman–Crippen MR) is 81.3 cm³/mol. The number of benzene rings is 1. The first kappa shape index (κ1) is 14.9. The zero-order chi connectivity index (χ0) is 14.5. The lowest BCUT2D eigenvalue weighted by atomic mass is 10.0. The van der Waals surface area contributed by atoms with Crippen LogP contribution in [0.4, 0.5) is 0 Å². The topological polar surface area (TPSA) is 39.1 Å². The van der Waals surface area contributed by atoms with Crippen molar-refractivity contribution in [2.45, 2.75) is 19.4 Å². The molecule has 1 heterocycles. The SMILES string of the molecule is CCCNC(c1cn(C)cn1)c1cc(Cl)ccc1OC. The van der Waals surface area contributed by atoms with Crippen LogP contribution >= 0.6 is 11.6 Å². The van der Waals surface area contributed by atoms with Crippen LogP contribution in [0.25, 0.3) is 0 Å². The minimum atomic E-state index is -0.0233. The Morgan fingerprint density at radius 3 is 2.85 bits per heavy atom. The van der Waals surface area contributed by atoms with Gasteiger partial charge in [0.2, 0.25) is 0 Å². The minimum absolute atomic E-state index is 0.0233. The van der Waals surface area contributed by atoms with E-state index in [9.17, 15) is 0 Å². The van der Waals surface area contributed by atoms with Gasteiger partial charge in [-0.25, -0.2) is 4.98 Å². The Labute approximate surface area is 124 Å². The number of hydrogen-bond acceptors (Lipinski definition) is 3. The molecule has 4 nitrogen and oxygen atoms in total. The highest BCUT2D eigenvalue weighted by molar-refractivity contribution is 6.30. The summed E-state index contributed by atoms with van der Waals surface area (Å²) in [6.07, 6.45) is 4.85. The molecule has 0 radical (unpaired) electrons. The van der Waals surface area contributed by atoms with E-state index >= 15 is 0 Å². The first-order valence-corrected chi connectivity index (χ1v) is 7.08. The van der Waals surface area contributed by atoms with Gasteiger partial charge in [0.15, 0.2) is 0 Å². The summed E-state index contributed by atoms with van der Waals surface area (Å²) >= 11 is 6.14. The number of methoxy groups -OCH3 is 1. The van der Waals surface area contributed by atoms with Gasteiger partial charge in [0, 0.05) is 23.8 Å². The summed E-state index contributed by atoms with van der Waals surface area (Å²) in [6, 6.07) is 5.63. The first-order chi connectivity index (χ1) is 9.65. The third-order valence-electron chi connectivity index (χ3n) is 3.12. The van der Waals surface area contributed by atoms with Crippen molar-refractivity contribution >= 4 is 11.6 Å². The molecule has 0 saturated heterocycles. The monoisotopic (exact) mass is 293 g/mol. The second-order valence-corrected chi connectivity index (χ2v) is 5.17. The molecule has 1 N–H and O–H groups in total. The first-order valence-electron chi connectivity index (χ1n) is 6.70. The van der Waals surface area contributed by atoms with Gasteiger partial charge in [-0.15, -0.1) is 0 Å². The van der Waals surface area contributed by atoms with E-state index in [1.54, 1.807) is 13.4 Å². The van der Waals surface area contributed by atoms with Gasteiger partial charge < -0.3 is 14.6 Å². The Bertz CT molecular complexity index is 568. The van der Waals surface area contributed by atoms with Crippen molar-refractivity contribution in [2.24, 2.45) is 7.05 Å². The second kappa shape index (κ2) is 6.77. The van der Waals surface area contributed by atoms with Crippen LogP contribution in [0, 0.1) is 0 Å². The van der Waals surface area contributed by atoms with Crippen LogP contribution < -0.4 is 10.1 Å². The molecular formula is C15H20ClN3O. The molecule has 2 aromatic rings. The van der Waals surface area contributed by atoms with Crippen molar-refractivity contribution in [3.05, 3.63) is 47.0 Å². The summed E-state index contributed by atoms with van der Waals surface area (Å²) in [7, 11) is 3.63. The molecular weight excluding hydrogens is 274 g/mol. The molecule has 0 amide bonds. The predicted octanol–water partition coefficient (Wildman–Crippen LogP) is 3.17. The zero-order valence-electron chi connectivity index (χ0n) is 12.1. The number of aryl methyl sites for hydroxylation is 1. The summed E-state index contributed by atoms with van der Waals surface area (Å²) in [5.41, 5.74) is 1.97. The molecule has 20 heavy (non-hydrogen) atoms. The molecule has 0 fully saturated rings. The molecule has 5 heteroatoms. The fraction of sp³-hybridized carbons (Fsp3) is 0.400. The number of aromatic nitrogens is 2. The number of rotatable bonds is 6. The zero-order valence-corrected chi connectivity index (χ0v) is 12.8. The molecule has 0 aliphatic carbocycles. The van der Waals surface area contributed by atoms with Crippen molar-refractivity contribution in [1.29, 1.82) is 0 Å². The van der Waals surface area contributed by atoms with E-state index < -0.39 is 0 Å². The highest BCUT2D eigenvalue weighted by Gasteiger charge is 2.20. The Kier molecular flexibility index (Phi) is 5.04. The van der Waals surface area contributed by atoms with Crippen molar-refractivity contribution in [3.8, 4) is 5.75 Å². The fourth-order valence-electron chi connectivity index (χ4n) is 2.18. The largest absolute Gasteiger partial charge is 0.496 e. The molecule has 1 aromatic heterocycles. The summed E-state index contributed by atoms with van der Waals surface area (Å²) < 4.78 is 7.39. The Hall–Kier alpha value is -1.52. The van der Waals surface area contributed by atoms with Crippen LogP contribution in [0.2, 0.25) is 5.02 Å². The smallest absolute Gasteiger partial charge is 0.124 e. The molecule has 1 aromatic carbocycles. The van der Waals surface area contributed by atoms with Gasteiger partial charge in [-0.05, 0) is 31.2 Å². The maximum Gasteiger partial charge on any atom is 0.124 e. The molecule has 0 bridgehead atoms. The van der Waals surface area contributed by atoms with E-state index in [0.717, 1.165) is 30.0 Å². The van der Waals surface area contributed by atoms with Gasteiger partial charge in [0.1, 0.15) is 5.75 Å². The van der Waals surface area contributed by atoms with Gasteiger partial charge in [0.05, 0.1) is 25.2 Å². The Morgan fingerprint density at radius 2 is 2.25 bits per heavy atom. The van der Waals surface area contributed by atoms with Crippen LogP contribution in [0.5, 0.6) is 5.75 Å². The summed E-state index contributed by atoms with van der Waals surface area (Å²) in [6.45, 7) is 3.04. The summed E-state index contributed by atoms with van der Waals surface area (Å²) in [4.78, 5) is 4.45. The molecule has 0 spiro atoms. The number of halogens is 1. The standard InChI is InChI=1S/C15H20ClN3O/c1-4-7-17-15(13-9-19(2)10-18-13)12-8-11(16)5-6-14(12)20-3/h5-6,8-10,15,17H,4,7H2,1-3H3. The van der Waals surface area contributed by atoms with Gasteiger partial charge in [-0.3, -0.25) is 0 Å². The van der Waals surface area contributed by atoms with Crippen molar-refractivity contribution in [3.63, 3.8) is 0 Å². The Morgan fingerprint density at radius 1 is 1.45 bits per heavy atom. The average Bonchev–Trinajstić information content (AvgIpc) is 2.86. The average molecular weight is 294 g/mol. The van der Waals surface area contributed by atoms with Gasteiger partial charge >= 0.3 is 0 Å². The van der Waals surface area contributed by atoms with E-state index in [-0.39, 0.29) is 6.04 Å². The number of nitrogens with one attached hydrogen (secondary N) is 1. The van der Waals surface area contributed by atoms with Gasteiger partial charge in [0.25, 0.3) is 0 Å². The lowest BCUT2D eigenvalue weighted by Crippen LogP contribution is -2.24. The van der Waals surface area contributed by atoms with E-state index in [2.05, 4.69) is 17.2 Å². The highest BCUT2D eigenvalue weighted by atomic mass is 35.5. The summed E-state index contributed by atoms with van der Waals surface area (Å²) in [5.74, 6) is 0.814. The maximum atomic E-state index is 6.14. The van der Waals surface area contributed by atoms with Crippen LogP contribution in [-0.4, -0.2) is 23.2 Å². The minimum Gasteiger partial charge on any atom is -0.496 e. The summed E-state index contributed by atoms with van der Waals surface area (Å²) in [5, 5.41) is 4.20.